The van der Waals surface area contributed by atoms with Gasteiger partial charge in [-0.25, -0.2) is 4.79 Å². The molecule has 2 aliphatic heterocycles. The summed E-state index contributed by atoms with van der Waals surface area (Å²) in [6.45, 7) is 2.68. The zero-order valence-electron chi connectivity index (χ0n) is 14.9. The van der Waals surface area contributed by atoms with Gasteiger partial charge >= 0.3 is 5.97 Å². The molecule has 1 amide bonds. The summed E-state index contributed by atoms with van der Waals surface area (Å²) in [5.74, 6) is -0.306. The predicted molar refractivity (Wildman–Crippen MR) is 94.2 cm³/mol. The van der Waals surface area contributed by atoms with Crippen LogP contribution in [0.25, 0.3) is 0 Å². The van der Waals surface area contributed by atoms with Gasteiger partial charge in [0.25, 0.3) is 5.91 Å². The molecule has 9 heteroatoms. The molecule has 0 spiro atoms. The van der Waals surface area contributed by atoms with Crippen LogP contribution in [0.5, 0.6) is 5.75 Å². The minimum atomic E-state index is -0.571. The summed E-state index contributed by atoms with van der Waals surface area (Å²) in [4.78, 5) is 26.7. The lowest BCUT2D eigenvalue weighted by atomic mass is 10.1. The summed E-state index contributed by atoms with van der Waals surface area (Å²) in [6.07, 6.45) is 1.40. The highest BCUT2D eigenvalue weighted by Crippen LogP contribution is 2.25. The maximum atomic E-state index is 12.6. The van der Waals surface area contributed by atoms with Crippen LogP contribution in [0.3, 0.4) is 0 Å². The second kappa shape index (κ2) is 8.24. The number of nitrogens with zero attached hydrogens (tertiary/aromatic N) is 3. The van der Waals surface area contributed by atoms with Crippen LogP contribution in [0.2, 0.25) is 0 Å². The predicted octanol–water partition coefficient (Wildman–Crippen LogP) is 1.22. The van der Waals surface area contributed by atoms with Crippen molar-refractivity contribution in [3.8, 4) is 5.75 Å². The van der Waals surface area contributed by atoms with Gasteiger partial charge in [-0.2, -0.15) is 10.2 Å². The molecule has 2 heterocycles. The molecule has 2 atom stereocenters. The minimum Gasteiger partial charge on any atom is -0.497 e. The number of rotatable bonds is 5. The number of hydrogen-bond acceptors (Lipinski definition) is 8. The molecule has 0 radical (unpaired) electrons. The van der Waals surface area contributed by atoms with Crippen molar-refractivity contribution in [2.75, 3.05) is 39.3 Å². The first-order chi connectivity index (χ1) is 12.6. The highest BCUT2D eigenvalue weighted by molar-refractivity contribution is 6.03. The van der Waals surface area contributed by atoms with Crippen LogP contribution < -0.4 is 15.4 Å². The van der Waals surface area contributed by atoms with E-state index < -0.39 is 12.0 Å². The highest BCUT2D eigenvalue weighted by Gasteiger charge is 2.29. The number of anilines is 1. The number of carbonyl (C=O) groups excluding carboxylic acids is 2. The van der Waals surface area contributed by atoms with E-state index in [1.54, 1.807) is 18.2 Å². The lowest BCUT2D eigenvalue weighted by Crippen LogP contribution is -2.37. The number of amides is 1. The Labute approximate surface area is 151 Å². The van der Waals surface area contributed by atoms with Crippen molar-refractivity contribution in [2.45, 2.75) is 25.0 Å². The van der Waals surface area contributed by atoms with Crippen LogP contribution in [0, 0.1) is 0 Å². The number of esters is 1. The number of carbonyl (C=O) groups is 2. The van der Waals surface area contributed by atoms with Crippen LogP contribution in [0.4, 0.5) is 5.69 Å². The molecular formula is C17H23N5O4. The third-order valence-corrected chi connectivity index (χ3v) is 4.54. The topological polar surface area (TPSA) is 105 Å². The molecule has 2 unspecified atom stereocenters. The molecular weight excluding hydrogens is 338 g/mol. The van der Waals surface area contributed by atoms with Crippen LogP contribution in [0.1, 0.15) is 23.2 Å². The molecule has 1 aromatic rings. The molecule has 0 bridgehead atoms. The Balaban J connectivity index is 1.69. The summed E-state index contributed by atoms with van der Waals surface area (Å²) < 4.78 is 9.93. The second-order valence-electron chi connectivity index (χ2n) is 6.17. The molecule has 2 N–H and O–H groups in total. The zero-order valence-corrected chi connectivity index (χ0v) is 14.9. The molecule has 3 rings (SSSR count). The Morgan fingerprint density at radius 1 is 1.27 bits per heavy atom. The third-order valence-electron chi connectivity index (χ3n) is 4.54. The molecule has 26 heavy (non-hydrogen) atoms. The molecule has 9 nitrogen and oxygen atoms in total. The lowest BCUT2D eigenvalue weighted by molar-refractivity contribution is -0.117. The van der Waals surface area contributed by atoms with E-state index in [0.717, 1.165) is 26.2 Å². The molecule has 1 aromatic carbocycles. The average molecular weight is 361 g/mol. The maximum absolute atomic E-state index is 12.6. The first kappa shape index (κ1) is 18.3. The number of methoxy groups -OCH3 is 2. The van der Waals surface area contributed by atoms with Crippen molar-refractivity contribution < 1.29 is 19.1 Å². The van der Waals surface area contributed by atoms with Gasteiger partial charge in [-0.1, -0.05) is 0 Å². The molecule has 0 aromatic heterocycles. The van der Waals surface area contributed by atoms with E-state index in [1.807, 2.05) is 0 Å². The largest absolute Gasteiger partial charge is 0.497 e. The summed E-state index contributed by atoms with van der Waals surface area (Å²) >= 11 is 0. The monoisotopic (exact) mass is 361 g/mol. The number of benzene rings is 1. The van der Waals surface area contributed by atoms with Gasteiger partial charge in [0.05, 0.1) is 32.1 Å². The minimum absolute atomic E-state index is 0.0245. The molecule has 0 aliphatic carbocycles. The molecule has 2 aliphatic rings. The van der Waals surface area contributed by atoms with E-state index in [2.05, 4.69) is 25.8 Å². The third kappa shape index (κ3) is 4.00. The number of nitrogens with one attached hydrogen (secondary N) is 2. The van der Waals surface area contributed by atoms with Crippen molar-refractivity contribution in [3.05, 3.63) is 23.8 Å². The summed E-state index contributed by atoms with van der Waals surface area (Å²) in [5, 5.41) is 14.5. The van der Waals surface area contributed by atoms with E-state index >= 15 is 0 Å². The van der Waals surface area contributed by atoms with Gasteiger partial charge in [0.15, 0.2) is 0 Å². The van der Waals surface area contributed by atoms with Crippen molar-refractivity contribution in [2.24, 2.45) is 10.2 Å². The Bertz CT molecular complexity index is 702. The van der Waals surface area contributed by atoms with Crippen molar-refractivity contribution in [1.82, 2.24) is 10.2 Å². The van der Waals surface area contributed by atoms with Gasteiger partial charge < -0.3 is 20.1 Å². The van der Waals surface area contributed by atoms with Gasteiger partial charge in [0.1, 0.15) is 18.0 Å². The van der Waals surface area contributed by atoms with Gasteiger partial charge in [-0.05, 0) is 25.0 Å². The quantitative estimate of drug-likeness (QED) is 0.764. The fourth-order valence-corrected chi connectivity index (χ4v) is 3.06. The van der Waals surface area contributed by atoms with Gasteiger partial charge in [0.2, 0.25) is 0 Å². The SMILES string of the molecule is COC(=O)c1ccc(OC)cc1NC(=O)C1CCC(N2CCNC2)N=N1. The van der Waals surface area contributed by atoms with E-state index in [9.17, 15) is 9.59 Å². The van der Waals surface area contributed by atoms with Crippen LogP contribution >= 0.6 is 0 Å². The van der Waals surface area contributed by atoms with Crippen LogP contribution in [0.15, 0.2) is 28.4 Å². The first-order valence-corrected chi connectivity index (χ1v) is 8.54. The smallest absolute Gasteiger partial charge is 0.339 e. The molecule has 1 fully saturated rings. The summed E-state index contributed by atoms with van der Waals surface area (Å²) in [6, 6.07) is 4.21. The Kier molecular flexibility index (Phi) is 5.79. The van der Waals surface area contributed by atoms with Crippen LogP contribution in [-0.4, -0.2) is 63.0 Å². The van der Waals surface area contributed by atoms with Crippen molar-refractivity contribution in [3.63, 3.8) is 0 Å². The van der Waals surface area contributed by atoms with Crippen molar-refractivity contribution in [1.29, 1.82) is 0 Å². The maximum Gasteiger partial charge on any atom is 0.339 e. The van der Waals surface area contributed by atoms with Crippen LogP contribution in [-0.2, 0) is 9.53 Å². The number of azo groups is 1. The normalized spacial score (nSPS) is 22.8. The van der Waals surface area contributed by atoms with E-state index in [-0.39, 0.29) is 17.6 Å². The lowest BCUT2D eigenvalue weighted by Gasteiger charge is -2.27. The van der Waals surface area contributed by atoms with E-state index in [0.29, 0.717) is 17.9 Å². The first-order valence-electron chi connectivity index (χ1n) is 8.54. The fraction of sp³-hybridized carbons (Fsp3) is 0.529. The zero-order chi connectivity index (χ0) is 18.5. The Hall–Kier alpha value is -2.52. The Morgan fingerprint density at radius 2 is 2.12 bits per heavy atom. The van der Waals surface area contributed by atoms with Crippen molar-refractivity contribution >= 4 is 17.6 Å². The second-order valence-corrected chi connectivity index (χ2v) is 6.17. The van der Waals surface area contributed by atoms with E-state index in [1.165, 1.54) is 14.2 Å². The fourth-order valence-electron chi connectivity index (χ4n) is 3.06. The standard InChI is InChI=1S/C17H23N5O4/c1-25-11-3-4-12(17(24)26-2)14(9-11)19-16(23)13-5-6-15(21-20-13)22-8-7-18-10-22/h3-4,9,13,15,18H,5-8,10H2,1-2H3,(H,19,23). The highest BCUT2D eigenvalue weighted by atomic mass is 16.5. The summed E-state index contributed by atoms with van der Waals surface area (Å²) in [7, 11) is 2.81. The summed E-state index contributed by atoms with van der Waals surface area (Å²) in [5.41, 5.74) is 0.595. The number of ether oxygens (including phenoxy) is 2. The van der Waals surface area contributed by atoms with Gasteiger partial charge in [-0.3, -0.25) is 9.69 Å². The Morgan fingerprint density at radius 3 is 2.73 bits per heavy atom. The molecule has 1 saturated heterocycles. The van der Waals surface area contributed by atoms with Gasteiger partial charge in [-0.15, -0.1) is 0 Å². The molecule has 140 valence electrons. The number of hydrogen-bond donors (Lipinski definition) is 2. The average Bonchev–Trinajstić information content (AvgIpc) is 3.22. The molecule has 0 saturated carbocycles. The van der Waals surface area contributed by atoms with E-state index in [4.69, 9.17) is 9.47 Å². The van der Waals surface area contributed by atoms with Gasteiger partial charge in [0, 0.05) is 19.2 Å².